The normalized spacial score (nSPS) is 15.2. The van der Waals surface area contributed by atoms with Crippen molar-refractivity contribution < 1.29 is 8.78 Å². The molecule has 1 fully saturated rings. The van der Waals surface area contributed by atoms with Gasteiger partial charge in [0.1, 0.15) is 5.84 Å². The minimum Gasteiger partial charge on any atom is -0.383 e. The Labute approximate surface area is 313 Å². The predicted molar refractivity (Wildman–Crippen MR) is 223 cm³/mol. The molecule has 2 unspecified atom stereocenters. The lowest BCUT2D eigenvalue weighted by molar-refractivity contribution is 0.0173. The average molecular weight is 727 g/mol. The molecule has 51 heavy (non-hydrogen) atoms. The van der Waals surface area contributed by atoms with Crippen LogP contribution < -0.4 is 22.1 Å². The highest BCUT2D eigenvalue weighted by Gasteiger charge is 2.29. The maximum atomic E-state index is 14.4. The van der Waals surface area contributed by atoms with Crippen molar-refractivity contribution in [1.29, 1.82) is 5.41 Å². The fraction of sp³-hybridized carbons (Fsp3) is 0.524. The van der Waals surface area contributed by atoms with Crippen LogP contribution in [0.3, 0.4) is 0 Å². The number of rotatable bonds is 14. The number of halogens is 2. The molecule has 2 aromatic rings. The van der Waals surface area contributed by atoms with Crippen LogP contribution in [0.15, 0.2) is 77.3 Å². The third-order valence-electron chi connectivity index (χ3n) is 8.31. The van der Waals surface area contributed by atoms with Gasteiger partial charge in [-0.3, -0.25) is 0 Å². The van der Waals surface area contributed by atoms with E-state index < -0.39 is 5.92 Å². The number of thioether (sulfide) groups is 1. The Bertz CT molecular complexity index is 1390. The van der Waals surface area contributed by atoms with Crippen LogP contribution in [0.25, 0.3) is 5.70 Å². The zero-order chi connectivity index (χ0) is 39.1. The predicted octanol–water partition coefficient (Wildman–Crippen LogP) is 11.4. The molecule has 1 saturated carbocycles. The first-order chi connectivity index (χ1) is 24.3. The highest BCUT2D eigenvalue weighted by Crippen LogP contribution is 2.36. The fourth-order valence-electron chi connectivity index (χ4n) is 5.21. The summed E-state index contributed by atoms with van der Waals surface area (Å²) >= 11 is 1.68. The first kappa shape index (κ1) is 47.7. The van der Waals surface area contributed by atoms with E-state index in [1.54, 1.807) is 24.8 Å². The Hall–Kier alpha value is -3.27. The first-order valence-corrected chi connectivity index (χ1v) is 19.7. The van der Waals surface area contributed by atoms with Crippen LogP contribution in [-0.4, -0.2) is 31.4 Å². The molecule has 0 bridgehead atoms. The van der Waals surface area contributed by atoms with Gasteiger partial charge in [-0.05, 0) is 111 Å². The first-order valence-electron chi connectivity index (χ1n) is 18.5. The van der Waals surface area contributed by atoms with Gasteiger partial charge in [-0.25, -0.2) is 13.8 Å². The van der Waals surface area contributed by atoms with Crippen LogP contribution >= 0.6 is 11.8 Å². The molecule has 0 spiro atoms. The van der Waals surface area contributed by atoms with Gasteiger partial charge < -0.3 is 27.5 Å². The van der Waals surface area contributed by atoms with E-state index >= 15 is 0 Å². The minimum absolute atomic E-state index is 0.0123. The molecule has 2 aromatic carbocycles. The second-order valence-corrected chi connectivity index (χ2v) is 13.4. The zero-order valence-corrected chi connectivity index (χ0v) is 33.8. The summed E-state index contributed by atoms with van der Waals surface area (Å²) in [6.45, 7) is 19.1. The number of benzene rings is 2. The van der Waals surface area contributed by atoms with E-state index in [4.69, 9.17) is 22.6 Å². The Balaban J connectivity index is 0.00000203. The number of nitrogens with two attached hydrogens (primary N) is 3. The second kappa shape index (κ2) is 25.6. The molecular weight excluding hydrogens is 659 g/mol. The zero-order valence-electron chi connectivity index (χ0n) is 33.0. The van der Waals surface area contributed by atoms with Gasteiger partial charge in [0.25, 0.3) is 5.92 Å². The molecule has 1 aliphatic carbocycles. The van der Waals surface area contributed by atoms with Gasteiger partial charge in [-0.2, -0.15) is 0 Å². The van der Waals surface area contributed by atoms with Crippen molar-refractivity contribution >= 4 is 35.2 Å². The van der Waals surface area contributed by atoms with Crippen molar-refractivity contribution in [3.63, 3.8) is 0 Å². The van der Waals surface area contributed by atoms with E-state index in [1.807, 2.05) is 44.1 Å². The molecule has 2 aliphatic rings. The standard InChI is InChI=1S/C32H43F2N5S.C4H10.C2H5N.C2H6.C2H4/c1-5-7-28(36)26-13-12-25(18-30(26)40-4)39(3)19-23-17-29(38-31(23)37)22-14-20(15-24(16-22)32(2,33)34)8-6-9-27(35)21-10-11-21;1-3-4-2;1-2-3;2*1-2/h12-19,21,27-28H,5-11,35-36H2,1-4H3,(H2,37,38);3-4H2,1-2H3;2-3H,1H3;1-2H3;1-2H2/b23-19-;;;;. The van der Waals surface area contributed by atoms with Crippen LogP contribution in [0.5, 0.6) is 0 Å². The molecule has 0 aromatic heterocycles. The van der Waals surface area contributed by atoms with Crippen molar-refractivity contribution in [2.75, 3.05) is 18.2 Å². The maximum absolute atomic E-state index is 14.4. The largest absolute Gasteiger partial charge is 0.383 e. The Morgan fingerprint density at radius 1 is 1.04 bits per heavy atom. The summed E-state index contributed by atoms with van der Waals surface area (Å²) in [5, 5.41) is 6.08. The van der Waals surface area contributed by atoms with Crippen LogP contribution in [0, 0.1) is 11.3 Å². The van der Waals surface area contributed by atoms with E-state index in [1.165, 1.54) is 38.0 Å². The van der Waals surface area contributed by atoms with E-state index in [2.05, 4.69) is 63.4 Å². The van der Waals surface area contributed by atoms with Crippen LogP contribution in [0.1, 0.15) is 128 Å². The number of anilines is 1. The third kappa shape index (κ3) is 16.7. The number of unbranched alkanes of at least 4 members (excludes halogenated alkanes) is 1. The van der Waals surface area contributed by atoms with Gasteiger partial charge in [0.15, 0.2) is 0 Å². The van der Waals surface area contributed by atoms with Crippen molar-refractivity contribution in [3.8, 4) is 0 Å². The molecule has 4 rings (SSSR count). The Morgan fingerprint density at radius 2 is 1.65 bits per heavy atom. The number of aryl methyl sites for hydroxylation is 1. The van der Waals surface area contributed by atoms with Crippen LogP contribution in [-0.2, 0) is 12.3 Å². The fourth-order valence-corrected chi connectivity index (χ4v) is 5.91. The van der Waals surface area contributed by atoms with Gasteiger partial charge >= 0.3 is 0 Å². The summed E-state index contributed by atoms with van der Waals surface area (Å²) in [7, 11) is 1.96. The molecule has 1 heterocycles. The number of nitrogens with one attached hydrogen (secondary N) is 1. The summed E-state index contributed by atoms with van der Waals surface area (Å²) in [5.41, 5.74) is 24.0. The lowest BCUT2D eigenvalue weighted by Crippen LogP contribution is -2.22. The van der Waals surface area contributed by atoms with Gasteiger partial charge in [0, 0.05) is 59.5 Å². The van der Waals surface area contributed by atoms with E-state index in [9.17, 15) is 8.78 Å². The Morgan fingerprint density at radius 3 is 2.16 bits per heavy atom. The lowest BCUT2D eigenvalue weighted by atomic mass is 9.96. The lowest BCUT2D eigenvalue weighted by Gasteiger charge is -2.20. The third-order valence-corrected chi connectivity index (χ3v) is 9.10. The number of aliphatic imine (C=N–C) groups is 1. The molecular formula is C42H68F2N6S. The van der Waals surface area contributed by atoms with E-state index in [0.29, 0.717) is 29.4 Å². The number of nitrogens with zero attached hydrogens (tertiary/aromatic N) is 2. The molecule has 286 valence electrons. The summed E-state index contributed by atoms with van der Waals surface area (Å²) in [6, 6.07) is 11.6. The number of amidine groups is 1. The Kier molecular flexibility index (Phi) is 24.0. The quantitative estimate of drug-likeness (QED) is 0.0878. The molecule has 0 amide bonds. The molecule has 0 saturated heterocycles. The van der Waals surface area contributed by atoms with Crippen LogP contribution in [0.2, 0.25) is 0 Å². The number of alkyl halides is 2. The molecule has 9 heteroatoms. The highest BCUT2D eigenvalue weighted by molar-refractivity contribution is 7.98. The molecule has 1 aliphatic heterocycles. The highest BCUT2D eigenvalue weighted by atomic mass is 32.2. The molecule has 6 nitrogen and oxygen atoms in total. The topological polar surface area (TPSA) is 118 Å². The van der Waals surface area contributed by atoms with Gasteiger partial charge in [-0.1, -0.05) is 59.9 Å². The van der Waals surface area contributed by atoms with Crippen molar-refractivity contribution in [2.45, 2.75) is 129 Å². The van der Waals surface area contributed by atoms with Gasteiger partial charge in [-0.15, -0.1) is 24.9 Å². The monoisotopic (exact) mass is 727 g/mol. The summed E-state index contributed by atoms with van der Waals surface area (Å²) in [6.07, 6.45) is 16.6. The summed E-state index contributed by atoms with van der Waals surface area (Å²) in [4.78, 5) is 7.70. The van der Waals surface area contributed by atoms with Crippen LogP contribution in [0.4, 0.5) is 14.5 Å². The second-order valence-electron chi connectivity index (χ2n) is 12.5. The van der Waals surface area contributed by atoms with E-state index in [-0.39, 0.29) is 17.6 Å². The number of hydrogen-bond donors (Lipinski definition) is 4. The minimum atomic E-state index is -2.96. The smallest absolute Gasteiger partial charge is 0.270 e. The molecule has 0 radical (unpaired) electrons. The molecule has 7 N–H and O–H groups in total. The van der Waals surface area contributed by atoms with Gasteiger partial charge in [0.2, 0.25) is 0 Å². The van der Waals surface area contributed by atoms with Crippen molar-refractivity contribution in [2.24, 2.45) is 28.1 Å². The van der Waals surface area contributed by atoms with E-state index in [0.717, 1.165) is 59.9 Å². The summed E-state index contributed by atoms with van der Waals surface area (Å²) in [5.74, 6) is -1.96. The molecule has 2 atom stereocenters. The van der Waals surface area contributed by atoms with Crippen molar-refractivity contribution in [1.82, 2.24) is 0 Å². The summed E-state index contributed by atoms with van der Waals surface area (Å²) < 4.78 is 28.9. The maximum Gasteiger partial charge on any atom is 0.270 e. The van der Waals surface area contributed by atoms with Crippen molar-refractivity contribution in [3.05, 3.63) is 89.7 Å². The average Bonchev–Trinajstić information content (AvgIpc) is 3.92. The van der Waals surface area contributed by atoms with Gasteiger partial charge in [0.05, 0.1) is 5.70 Å². The SMILES string of the molecule is C=C.CC.CC=N.CCCC.CCCC(N)c1ccc(N(C)/C=C2/C=C(c3cc(CCCC(N)C4CC4)cc(C(C)(F)F)c3)N=C2N)cc1SC. The number of hydrogen-bond acceptors (Lipinski definition) is 7.